The number of anilines is 1. The number of aromatic nitrogens is 3. The number of carbonyl (C=O) groups is 1. The van der Waals surface area contributed by atoms with Crippen LogP contribution in [0.5, 0.6) is 0 Å². The molecule has 0 aliphatic heterocycles. The number of nitrogens with one attached hydrogen (secondary N) is 1. The molecule has 0 radical (unpaired) electrons. The summed E-state index contributed by atoms with van der Waals surface area (Å²) in [5.41, 5.74) is 0.879. The third-order valence-corrected chi connectivity index (χ3v) is 2.25. The molecule has 0 unspecified atom stereocenters. The van der Waals surface area contributed by atoms with Crippen LogP contribution in [0.4, 0.5) is 5.69 Å². The van der Waals surface area contributed by atoms with Crippen molar-refractivity contribution in [3.63, 3.8) is 0 Å². The van der Waals surface area contributed by atoms with Gasteiger partial charge in [0.25, 0.3) is 5.91 Å². The molecule has 0 aliphatic carbocycles. The molecular formula is C10H7BrN4O. The van der Waals surface area contributed by atoms with Gasteiger partial charge in [0.2, 0.25) is 0 Å². The molecule has 0 saturated carbocycles. The highest BCUT2D eigenvalue weighted by molar-refractivity contribution is 9.10. The van der Waals surface area contributed by atoms with E-state index in [-0.39, 0.29) is 5.91 Å². The van der Waals surface area contributed by atoms with Crippen LogP contribution in [0.3, 0.4) is 0 Å². The standard InChI is InChI=1S/C10H7BrN4O/c11-7-1-2-9(14-3-7)10(16)15-8-4-12-6-13-5-8/h1-6H,(H,15,16). The van der Waals surface area contributed by atoms with E-state index >= 15 is 0 Å². The summed E-state index contributed by atoms with van der Waals surface area (Å²) < 4.78 is 0.826. The van der Waals surface area contributed by atoms with E-state index in [1.165, 1.54) is 18.7 Å². The molecule has 0 saturated heterocycles. The van der Waals surface area contributed by atoms with E-state index < -0.39 is 0 Å². The zero-order valence-corrected chi connectivity index (χ0v) is 9.68. The highest BCUT2D eigenvalue weighted by Gasteiger charge is 2.06. The molecule has 0 aromatic carbocycles. The van der Waals surface area contributed by atoms with E-state index in [9.17, 15) is 4.79 Å². The highest BCUT2D eigenvalue weighted by Crippen LogP contribution is 2.09. The average Bonchev–Trinajstić information content (AvgIpc) is 2.31. The molecule has 2 heterocycles. The van der Waals surface area contributed by atoms with Crippen molar-refractivity contribution in [2.75, 3.05) is 5.32 Å². The van der Waals surface area contributed by atoms with E-state index in [2.05, 4.69) is 36.2 Å². The first-order valence-electron chi connectivity index (χ1n) is 4.43. The maximum absolute atomic E-state index is 11.7. The second-order valence-electron chi connectivity index (χ2n) is 2.94. The van der Waals surface area contributed by atoms with Gasteiger partial charge in [-0.15, -0.1) is 0 Å². The summed E-state index contributed by atoms with van der Waals surface area (Å²) in [5, 5.41) is 2.64. The van der Waals surface area contributed by atoms with E-state index in [4.69, 9.17) is 0 Å². The zero-order chi connectivity index (χ0) is 11.4. The predicted molar refractivity (Wildman–Crippen MR) is 61.9 cm³/mol. The van der Waals surface area contributed by atoms with E-state index in [1.54, 1.807) is 18.3 Å². The van der Waals surface area contributed by atoms with Gasteiger partial charge in [-0.1, -0.05) is 0 Å². The van der Waals surface area contributed by atoms with Gasteiger partial charge in [-0.25, -0.2) is 15.0 Å². The van der Waals surface area contributed by atoms with Gasteiger partial charge in [0, 0.05) is 10.7 Å². The van der Waals surface area contributed by atoms with Gasteiger partial charge in [-0.05, 0) is 28.1 Å². The number of pyridine rings is 1. The lowest BCUT2D eigenvalue weighted by Gasteiger charge is -2.02. The van der Waals surface area contributed by atoms with Gasteiger partial charge in [-0.2, -0.15) is 0 Å². The van der Waals surface area contributed by atoms with E-state index in [0.29, 0.717) is 11.4 Å². The molecule has 16 heavy (non-hydrogen) atoms. The lowest BCUT2D eigenvalue weighted by atomic mass is 10.3. The SMILES string of the molecule is O=C(Nc1cncnc1)c1ccc(Br)cn1. The number of hydrogen-bond acceptors (Lipinski definition) is 4. The Morgan fingerprint density at radius 2 is 1.94 bits per heavy atom. The number of halogens is 1. The topological polar surface area (TPSA) is 67.8 Å². The van der Waals surface area contributed by atoms with Crippen LogP contribution in [0.2, 0.25) is 0 Å². The van der Waals surface area contributed by atoms with Crippen molar-refractivity contribution in [3.05, 3.63) is 47.2 Å². The summed E-state index contributed by atoms with van der Waals surface area (Å²) in [7, 11) is 0. The summed E-state index contributed by atoms with van der Waals surface area (Å²) in [4.78, 5) is 23.2. The lowest BCUT2D eigenvalue weighted by molar-refractivity contribution is 0.102. The molecule has 0 fully saturated rings. The number of carbonyl (C=O) groups excluding carboxylic acids is 1. The fourth-order valence-electron chi connectivity index (χ4n) is 1.07. The van der Waals surface area contributed by atoms with Crippen molar-refractivity contribution in [2.45, 2.75) is 0 Å². The van der Waals surface area contributed by atoms with Gasteiger partial charge < -0.3 is 5.32 Å². The minimum Gasteiger partial charge on any atom is -0.318 e. The number of rotatable bonds is 2. The number of amides is 1. The van der Waals surface area contributed by atoms with Crippen molar-refractivity contribution >= 4 is 27.5 Å². The first-order chi connectivity index (χ1) is 7.75. The van der Waals surface area contributed by atoms with Crippen molar-refractivity contribution in [1.82, 2.24) is 15.0 Å². The summed E-state index contributed by atoms with van der Waals surface area (Å²) in [5.74, 6) is -0.290. The maximum atomic E-state index is 11.7. The van der Waals surface area contributed by atoms with Crippen molar-refractivity contribution in [2.24, 2.45) is 0 Å². The Labute approximate surface area is 100 Å². The van der Waals surface area contributed by atoms with Crippen molar-refractivity contribution in [3.8, 4) is 0 Å². The predicted octanol–water partition coefficient (Wildman–Crippen LogP) is 1.89. The fourth-order valence-corrected chi connectivity index (χ4v) is 1.30. The highest BCUT2D eigenvalue weighted by atomic mass is 79.9. The van der Waals surface area contributed by atoms with Crippen LogP contribution in [-0.2, 0) is 0 Å². The Morgan fingerprint density at radius 3 is 2.56 bits per heavy atom. The fraction of sp³-hybridized carbons (Fsp3) is 0. The second kappa shape index (κ2) is 4.80. The zero-order valence-electron chi connectivity index (χ0n) is 8.09. The van der Waals surface area contributed by atoms with Gasteiger partial charge in [0.15, 0.2) is 0 Å². The Kier molecular flexibility index (Phi) is 3.21. The molecule has 5 nitrogen and oxygen atoms in total. The Balaban J connectivity index is 2.12. The van der Waals surface area contributed by atoms with Crippen LogP contribution in [0.1, 0.15) is 10.5 Å². The quantitative estimate of drug-likeness (QED) is 0.911. The molecule has 0 bridgehead atoms. The molecule has 2 aromatic heterocycles. The normalized spacial score (nSPS) is 9.81. The molecule has 1 N–H and O–H groups in total. The Morgan fingerprint density at radius 1 is 1.19 bits per heavy atom. The van der Waals surface area contributed by atoms with Gasteiger partial charge >= 0.3 is 0 Å². The van der Waals surface area contributed by atoms with Gasteiger partial charge in [0.05, 0.1) is 18.1 Å². The minimum atomic E-state index is -0.290. The van der Waals surface area contributed by atoms with E-state index in [0.717, 1.165) is 4.47 Å². The largest absolute Gasteiger partial charge is 0.318 e. The van der Waals surface area contributed by atoms with Crippen LogP contribution >= 0.6 is 15.9 Å². The second-order valence-corrected chi connectivity index (χ2v) is 3.86. The molecule has 1 amide bonds. The molecule has 80 valence electrons. The van der Waals surface area contributed by atoms with Crippen LogP contribution in [0.15, 0.2) is 41.5 Å². The van der Waals surface area contributed by atoms with E-state index in [1.807, 2.05) is 0 Å². The van der Waals surface area contributed by atoms with Crippen LogP contribution < -0.4 is 5.32 Å². The summed E-state index contributed by atoms with van der Waals surface area (Å²) in [6, 6.07) is 3.38. The number of nitrogens with zero attached hydrogens (tertiary/aromatic N) is 3. The Hall–Kier alpha value is -1.82. The Bertz CT molecular complexity index is 486. The minimum absolute atomic E-state index is 0.290. The molecular weight excluding hydrogens is 272 g/mol. The average molecular weight is 279 g/mol. The monoisotopic (exact) mass is 278 g/mol. The van der Waals surface area contributed by atoms with Crippen LogP contribution in [-0.4, -0.2) is 20.9 Å². The molecule has 0 aliphatic rings. The number of hydrogen-bond donors (Lipinski definition) is 1. The first-order valence-corrected chi connectivity index (χ1v) is 5.23. The van der Waals surface area contributed by atoms with Crippen LogP contribution in [0, 0.1) is 0 Å². The van der Waals surface area contributed by atoms with Crippen molar-refractivity contribution < 1.29 is 4.79 Å². The third kappa shape index (κ3) is 2.60. The molecule has 0 spiro atoms. The van der Waals surface area contributed by atoms with Crippen molar-refractivity contribution in [1.29, 1.82) is 0 Å². The molecule has 2 aromatic rings. The summed E-state index contributed by atoms with van der Waals surface area (Å²) in [6.07, 6.45) is 6.00. The lowest BCUT2D eigenvalue weighted by Crippen LogP contribution is -2.13. The molecule has 6 heteroatoms. The maximum Gasteiger partial charge on any atom is 0.274 e. The summed E-state index contributed by atoms with van der Waals surface area (Å²) >= 11 is 3.25. The smallest absolute Gasteiger partial charge is 0.274 e. The van der Waals surface area contributed by atoms with Crippen LogP contribution in [0.25, 0.3) is 0 Å². The third-order valence-electron chi connectivity index (χ3n) is 1.78. The molecule has 0 atom stereocenters. The summed E-state index contributed by atoms with van der Waals surface area (Å²) in [6.45, 7) is 0. The first kappa shape index (κ1) is 10.7. The molecule has 2 rings (SSSR count). The van der Waals surface area contributed by atoms with Gasteiger partial charge in [0.1, 0.15) is 12.0 Å². The van der Waals surface area contributed by atoms with Gasteiger partial charge in [-0.3, -0.25) is 4.79 Å².